The number of nitrogens with zero attached hydrogens (tertiary/aromatic N) is 2. The molecule has 0 aromatic carbocycles. The fourth-order valence-electron chi connectivity index (χ4n) is 3.22. The molecule has 1 fully saturated rings. The Hall–Kier alpha value is -1.16. The van der Waals surface area contributed by atoms with Crippen molar-refractivity contribution < 1.29 is 4.74 Å². The molecule has 0 amide bonds. The summed E-state index contributed by atoms with van der Waals surface area (Å²) in [5, 5.41) is 3.50. The van der Waals surface area contributed by atoms with Crippen molar-refractivity contribution in [3.63, 3.8) is 0 Å². The lowest BCUT2D eigenvalue weighted by Gasteiger charge is -2.28. The zero-order valence-corrected chi connectivity index (χ0v) is 12.8. The third-order valence-corrected chi connectivity index (χ3v) is 4.43. The summed E-state index contributed by atoms with van der Waals surface area (Å²) >= 11 is 0. The highest BCUT2D eigenvalue weighted by Crippen LogP contribution is 2.26. The molecule has 1 heterocycles. The fraction of sp³-hybridized carbons (Fsp3) is 0.750. The maximum absolute atomic E-state index is 5.18. The van der Waals surface area contributed by atoms with Gasteiger partial charge in [-0.25, -0.2) is 9.97 Å². The third-order valence-electron chi connectivity index (χ3n) is 4.43. The predicted molar refractivity (Wildman–Crippen MR) is 80.9 cm³/mol. The summed E-state index contributed by atoms with van der Waals surface area (Å²) in [6, 6.07) is 2.46. The molecule has 1 aliphatic carbocycles. The van der Waals surface area contributed by atoms with E-state index in [9.17, 15) is 0 Å². The van der Waals surface area contributed by atoms with E-state index in [1.165, 1.54) is 44.9 Å². The molecule has 2 rings (SSSR count). The largest absolute Gasteiger partial charge is 0.481 e. The van der Waals surface area contributed by atoms with Crippen molar-refractivity contribution in [1.82, 2.24) is 15.3 Å². The zero-order chi connectivity index (χ0) is 14.2. The van der Waals surface area contributed by atoms with Crippen molar-refractivity contribution in [2.75, 3.05) is 14.2 Å². The molecular weight excluding hydrogens is 250 g/mol. The van der Waals surface area contributed by atoms with Gasteiger partial charge >= 0.3 is 0 Å². The molecule has 4 nitrogen and oxygen atoms in total. The standard InChI is InChI=1S/C16H27N3O/c1-17-15(13-8-6-4-3-5-7-9-13)10-14-11-16(20-2)19-12-18-14/h11-13,15,17H,3-10H2,1-2H3. The minimum atomic E-state index is 0.507. The summed E-state index contributed by atoms with van der Waals surface area (Å²) in [5.41, 5.74) is 1.07. The average molecular weight is 277 g/mol. The summed E-state index contributed by atoms with van der Waals surface area (Å²) in [6.07, 6.45) is 12.2. The summed E-state index contributed by atoms with van der Waals surface area (Å²) < 4.78 is 5.18. The molecule has 0 bridgehead atoms. The van der Waals surface area contributed by atoms with E-state index in [1.807, 2.05) is 6.07 Å². The van der Waals surface area contributed by atoms with Crippen LogP contribution in [0.5, 0.6) is 5.88 Å². The predicted octanol–water partition coefficient (Wildman–Crippen LogP) is 2.98. The Labute approximate surface area is 122 Å². The molecule has 1 aromatic heterocycles. The van der Waals surface area contributed by atoms with Crippen molar-refractivity contribution in [2.24, 2.45) is 5.92 Å². The molecule has 0 saturated heterocycles. The van der Waals surface area contributed by atoms with Gasteiger partial charge in [0.1, 0.15) is 6.33 Å². The van der Waals surface area contributed by atoms with Crippen LogP contribution in [-0.2, 0) is 6.42 Å². The Bertz CT molecular complexity index is 389. The highest BCUT2D eigenvalue weighted by Gasteiger charge is 2.21. The van der Waals surface area contributed by atoms with Gasteiger partial charge in [0.2, 0.25) is 5.88 Å². The number of likely N-dealkylation sites (N-methyl/N-ethyl adjacent to an activating group) is 1. The lowest BCUT2D eigenvalue weighted by atomic mass is 9.84. The average Bonchev–Trinajstić information content (AvgIpc) is 2.45. The molecule has 1 saturated carbocycles. The van der Waals surface area contributed by atoms with E-state index in [4.69, 9.17) is 4.74 Å². The van der Waals surface area contributed by atoms with Crippen molar-refractivity contribution in [3.8, 4) is 5.88 Å². The molecule has 0 radical (unpaired) electrons. The highest BCUT2D eigenvalue weighted by molar-refractivity contribution is 5.14. The minimum absolute atomic E-state index is 0.507. The van der Waals surface area contributed by atoms with Gasteiger partial charge < -0.3 is 10.1 Å². The number of rotatable bonds is 5. The van der Waals surface area contributed by atoms with Gasteiger partial charge in [0, 0.05) is 24.2 Å². The van der Waals surface area contributed by atoms with Crippen molar-refractivity contribution in [3.05, 3.63) is 18.1 Å². The van der Waals surface area contributed by atoms with Gasteiger partial charge in [-0.1, -0.05) is 32.1 Å². The monoisotopic (exact) mass is 277 g/mol. The fourth-order valence-corrected chi connectivity index (χ4v) is 3.22. The zero-order valence-electron chi connectivity index (χ0n) is 12.8. The first-order chi connectivity index (χ1) is 9.83. The Morgan fingerprint density at radius 3 is 2.55 bits per heavy atom. The Balaban J connectivity index is 1.99. The van der Waals surface area contributed by atoms with Crippen LogP contribution < -0.4 is 10.1 Å². The first-order valence-corrected chi connectivity index (χ1v) is 7.85. The molecule has 0 aliphatic heterocycles. The number of hydrogen-bond donors (Lipinski definition) is 1. The van der Waals surface area contributed by atoms with E-state index >= 15 is 0 Å². The lowest BCUT2D eigenvalue weighted by molar-refractivity contribution is 0.292. The number of nitrogens with one attached hydrogen (secondary N) is 1. The second-order valence-electron chi connectivity index (χ2n) is 5.76. The van der Waals surface area contributed by atoms with Crippen LogP contribution in [0.3, 0.4) is 0 Å². The Kier molecular flexibility index (Phi) is 6.25. The van der Waals surface area contributed by atoms with E-state index in [0.717, 1.165) is 18.0 Å². The van der Waals surface area contributed by atoms with Crippen molar-refractivity contribution in [2.45, 2.75) is 57.4 Å². The van der Waals surface area contributed by atoms with Gasteiger partial charge in [-0.15, -0.1) is 0 Å². The topological polar surface area (TPSA) is 47.0 Å². The summed E-state index contributed by atoms with van der Waals surface area (Å²) in [4.78, 5) is 8.46. The van der Waals surface area contributed by atoms with Crippen LogP contribution in [-0.4, -0.2) is 30.2 Å². The van der Waals surface area contributed by atoms with Crippen molar-refractivity contribution in [1.29, 1.82) is 0 Å². The van der Waals surface area contributed by atoms with E-state index in [1.54, 1.807) is 13.4 Å². The van der Waals surface area contributed by atoms with E-state index in [2.05, 4.69) is 22.3 Å². The van der Waals surface area contributed by atoms with Crippen LogP contribution in [0.4, 0.5) is 0 Å². The maximum atomic E-state index is 5.18. The first kappa shape index (κ1) is 15.2. The van der Waals surface area contributed by atoms with Gasteiger partial charge in [-0.05, 0) is 25.8 Å². The summed E-state index contributed by atoms with van der Waals surface area (Å²) in [5.74, 6) is 1.42. The summed E-state index contributed by atoms with van der Waals surface area (Å²) in [7, 11) is 3.72. The quantitative estimate of drug-likeness (QED) is 0.899. The third kappa shape index (κ3) is 4.44. The maximum Gasteiger partial charge on any atom is 0.216 e. The highest BCUT2D eigenvalue weighted by atomic mass is 16.5. The molecule has 1 N–H and O–H groups in total. The minimum Gasteiger partial charge on any atom is -0.481 e. The Morgan fingerprint density at radius 1 is 1.20 bits per heavy atom. The number of hydrogen-bond acceptors (Lipinski definition) is 4. The number of methoxy groups -OCH3 is 1. The molecule has 112 valence electrons. The normalized spacial score (nSPS) is 19.1. The molecule has 1 aromatic rings. The Morgan fingerprint density at radius 2 is 1.90 bits per heavy atom. The van der Waals surface area contributed by atoms with Crippen molar-refractivity contribution >= 4 is 0 Å². The molecule has 20 heavy (non-hydrogen) atoms. The van der Waals surface area contributed by atoms with Crippen LogP contribution >= 0.6 is 0 Å². The van der Waals surface area contributed by atoms with Crippen LogP contribution in [0.2, 0.25) is 0 Å². The smallest absolute Gasteiger partial charge is 0.216 e. The van der Waals surface area contributed by atoms with Crippen LogP contribution in [0.15, 0.2) is 12.4 Å². The number of ether oxygens (including phenoxy) is 1. The van der Waals surface area contributed by atoms with Gasteiger partial charge in [0.25, 0.3) is 0 Å². The van der Waals surface area contributed by atoms with Gasteiger partial charge in [0.15, 0.2) is 0 Å². The number of aromatic nitrogens is 2. The van der Waals surface area contributed by atoms with Gasteiger partial charge in [-0.3, -0.25) is 0 Å². The van der Waals surface area contributed by atoms with Crippen LogP contribution in [0.25, 0.3) is 0 Å². The molecule has 0 spiro atoms. The molecule has 4 heteroatoms. The summed E-state index contributed by atoms with van der Waals surface area (Å²) in [6.45, 7) is 0. The molecule has 1 unspecified atom stereocenters. The van der Waals surface area contributed by atoms with E-state index < -0.39 is 0 Å². The van der Waals surface area contributed by atoms with Gasteiger partial charge in [0.05, 0.1) is 7.11 Å². The van der Waals surface area contributed by atoms with Crippen LogP contribution in [0.1, 0.15) is 50.6 Å². The SMILES string of the molecule is CNC(Cc1cc(OC)ncn1)C1CCCCCCC1. The second-order valence-corrected chi connectivity index (χ2v) is 5.76. The van der Waals surface area contributed by atoms with E-state index in [0.29, 0.717) is 11.9 Å². The molecular formula is C16H27N3O. The lowest BCUT2D eigenvalue weighted by Crippen LogP contribution is -2.36. The second kappa shape index (κ2) is 8.20. The molecule has 1 atom stereocenters. The molecule has 1 aliphatic rings. The first-order valence-electron chi connectivity index (χ1n) is 7.85. The van der Waals surface area contributed by atoms with E-state index in [-0.39, 0.29) is 0 Å². The van der Waals surface area contributed by atoms with Gasteiger partial charge in [-0.2, -0.15) is 0 Å². The van der Waals surface area contributed by atoms with Crippen LogP contribution in [0, 0.1) is 5.92 Å².